The number of likely N-dealkylation sites (N-methyl/N-ethyl adjacent to an activating group) is 1. The monoisotopic (exact) mass is 239 g/mol. The molecular formula is C15H17N3. The van der Waals surface area contributed by atoms with Crippen molar-refractivity contribution in [3.05, 3.63) is 48.3 Å². The Kier molecular flexibility index (Phi) is 2.76. The fourth-order valence-electron chi connectivity index (χ4n) is 2.44. The van der Waals surface area contributed by atoms with Crippen LogP contribution in [0.15, 0.2) is 42.7 Å². The maximum Gasteiger partial charge on any atom is 0.0551 e. The first-order chi connectivity index (χ1) is 8.75. The molecular weight excluding hydrogens is 222 g/mol. The molecule has 0 spiro atoms. The van der Waals surface area contributed by atoms with Gasteiger partial charge in [0.2, 0.25) is 0 Å². The highest BCUT2D eigenvalue weighted by atomic mass is 15.6. The number of anilines is 1. The molecule has 0 saturated heterocycles. The van der Waals surface area contributed by atoms with E-state index in [2.05, 4.69) is 59.4 Å². The van der Waals surface area contributed by atoms with Crippen LogP contribution in [-0.2, 0) is 6.42 Å². The summed E-state index contributed by atoms with van der Waals surface area (Å²) in [6.07, 6.45) is 4.79. The van der Waals surface area contributed by atoms with Gasteiger partial charge >= 0.3 is 0 Å². The zero-order chi connectivity index (χ0) is 12.5. The van der Waals surface area contributed by atoms with E-state index < -0.39 is 0 Å². The Balaban J connectivity index is 2.02. The summed E-state index contributed by atoms with van der Waals surface area (Å²) in [4.78, 5) is 4.07. The van der Waals surface area contributed by atoms with Crippen LogP contribution in [0.25, 0.3) is 11.1 Å². The summed E-state index contributed by atoms with van der Waals surface area (Å²) in [6.45, 7) is 1.07. The number of hydrogen-bond acceptors (Lipinski definition) is 3. The van der Waals surface area contributed by atoms with E-state index in [1.54, 1.807) is 0 Å². The standard InChI is InChI=1S/C15H17N3/c1-17-10-7-14-11-13(3-4-15(14)18(17)2)12-5-8-16-9-6-12/h3-6,8-9,11H,7,10H2,1-2H3. The minimum atomic E-state index is 1.07. The third-order valence-electron chi connectivity index (χ3n) is 3.66. The second kappa shape index (κ2) is 4.42. The van der Waals surface area contributed by atoms with Crippen LogP contribution in [0.1, 0.15) is 5.56 Å². The predicted molar refractivity (Wildman–Crippen MR) is 74.4 cm³/mol. The Bertz CT molecular complexity index is 551. The van der Waals surface area contributed by atoms with Crippen LogP contribution in [0, 0.1) is 0 Å². The normalized spacial score (nSPS) is 15.6. The third kappa shape index (κ3) is 1.87. The van der Waals surface area contributed by atoms with Crippen molar-refractivity contribution in [1.29, 1.82) is 0 Å². The van der Waals surface area contributed by atoms with Crippen molar-refractivity contribution in [1.82, 2.24) is 9.99 Å². The molecule has 0 atom stereocenters. The first kappa shape index (κ1) is 11.2. The molecule has 0 N–H and O–H groups in total. The van der Waals surface area contributed by atoms with Crippen LogP contribution in [-0.4, -0.2) is 30.6 Å². The molecule has 1 aromatic carbocycles. The molecule has 3 rings (SSSR count). The molecule has 18 heavy (non-hydrogen) atoms. The van der Waals surface area contributed by atoms with E-state index in [4.69, 9.17) is 0 Å². The molecule has 0 saturated carbocycles. The molecule has 0 fully saturated rings. The van der Waals surface area contributed by atoms with Crippen molar-refractivity contribution >= 4 is 5.69 Å². The number of benzene rings is 1. The Labute approximate surface area is 108 Å². The van der Waals surface area contributed by atoms with Gasteiger partial charge in [0.25, 0.3) is 0 Å². The largest absolute Gasteiger partial charge is 0.309 e. The summed E-state index contributed by atoms with van der Waals surface area (Å²) in [5.74, 6) is 0. The van der Waals surface area contributed by atoms with Gasteiger partial charge in [-0.15, -0.1) is 0 Å². The van der Waals surface area contributed by atoms with Crippen molar-refractivity contribution < 1.29 is 0 Å². The first-order valence-corrected chi connectivity index (χ1v) is 6.24. The molecule has 1 aliphatic rings. The molecule has 0 unspecified atom stereocenters. The van der Waals surface area contributed by atoms with Gasteiger partial charge in [-0.2, -0.15) is 0 Å². The van der Waals surface area contributed by atoms with Crippen LogP contribution < -0.4 is 5.01 Å². The van der Waals surface area contributed by atoms with Crippen LogP contribution in [0.2, 0.25) is 0 Å². The average Bonchev–Trinajstić information content (AvgIpc) is 2.44. The summed E-state index contributed by atoms with van der Waals surface area (Å²) < 4.78 is 0. The number of hydrazine groups is 1. The lowest BCUT2D eigenvalue weighted by Gasteiger charge is -2.36. The van der Waals surface area contributed by atoms with E-state index in [-0.39, 0.29) is 0 Å². The van der Waals surface area contributed by atoms with E-state index in [1.807, 2.05) is 12.4 Å². The minimum absolute atomic E-state index is 1.07. The molecule has 1 aromatic heterocycles. The van der Waals surface area contributed by atoms with E-state index in [9.17, 15) is 0 Å². The highest BCUT2D eigenvalue weighted by Crippen LogP contribution is 2.30. The summed E-state index contributed by atoms with van der Waals surface area (Å²) in [5.41, 5.74) is 5.23. The maximum absolute atomic E-state index is 4.07. The van der Waals surface area contributed by atoms with Gasteiger partial charge in [0, 0.05) is 33.0 Å². The molecule has 3 nitrogen and oxygen atoms in total. The summed E-state index contributed by atoms with van der Waals surface area (Å²) in [7, 11) is 4.24. The number of rotatable bonds is 1. The number of pyridine rings is 1. The molecule has 2 aromatic rings. The molecule has 3 heteroatoms. The van der Waals surface area contributed by atoms with Gasteiger partial charge in [-0.3, -0.25) is 4.98 Å². The highest BCUT2D eigenvalue weighted by molar-refractivity contribution is 5.69. The van der Waals surface area contributed by atoms with E-state index >= 15 is 0 Å². The molecule has 0 amide bonds. The van der Waals surface area contributed by atoms with Crippen molar-refractivity contribution in [2.45, 2.75) is 6.42 Å². The van der Waals surface area contributed by atoms with Crippen LogP contribution >= 0.6 is 0 Å². The van der Waals surface area contributed by atoms with Gasteiger partial charge in [0.1, 0.15) is 0 Å². The van der Waals surface area contributed by atoms with E-state index in [0.717, 1.165) is 13.0 Å². The molecule has 92 valence electrons. The smallest absolute Gasteiger partial charge is 0.0551 e. The van der Waals surface area contributed by atoms with Gasteiger partial charge in [-0.1, -0.05) is 6.07 Å². The van der Waals surface area contributed by atoms with E-state index in [1.165, 1.54) is 22.4 Å². The van der Waals surface area contributed by atoms with Gasteiger partial charge in [-0.05, 0) is 47.4 Å². The zero-order valence-corrected chi connectivity index (χ0v) is 10.8. The molecule has 0 radical (unpaired) electrons. The lowest BCUT2D eigenvalue weighted by atomic mass is 9.99. The predicted octanol–water partition coefficient (Wildman–Crippen LogP) is 2.59. The first-order valence-electron chi connectivity index (χ1n) is 6.24. The second-order valence-corrected chi connectivity index (χ2v) is 4.73. The van der Waals surface area contributed by atoms with Gasteiger partial charge < -0.3 is 5.01 Å². The van der Waals surface area contributed by atoms with Crippen LogP contribution in [0.5, 0.6) is 0 Å². The zero-order valence-electron chi connectivity index (χ0n) is 10.8. The van der Waals surface area contributed by atoms with Gasteiger partial charge in [-0.25, -0.2) is 5.01 Å². The Morgan fingerprint density at radius 2 is 1.78 bits per heavy atom. The molecule has 0 bridgehead atoms. The Hall–Kier alpha value is -1.87. The van der Waals surface area contributed by atoms with Crippen LogP contribution in [0.4, 0.5) is 5.69 Å². The lowest BCUT2D eigenvalue weighted by Crippen LogP contribution is -2.41. The van der Waals surface area contributed by atoms with Crippen LogP contribution in [0.3, 0.4) is 0 Å². The summed E-state index contributed by atoms with van der Waals surface area (Å²) >= 11 is 0. The lowest BCUT2D eigenvalue weighted by molar-refractivity contribution is 0.314. The van der Waals surface area contributed by atoms with Crippen molar-refractivity contribution in [3.8, 4) is 11.1 Å². The SMILES string of the molecule is CN1CCc2cc(-c3ccncc3)ccc2N1C. The minimum Gasteiger partial charge on any atom is -0.309 e. The summed E-state index contributed by atoms with van der Waals surface area (Å²) in [5, 5.41) is 4.46. The maximum atomic E-state index is 4.07. The van der Waals surface area contributed by atoms with Crippen molar-refractivity contribution in [2.75, 3.05) is 25.6 Å². The quantitative estimate of drug-likeness (QED) is 0.762. The summed E-state index contributed by atoms with van der Waals surface area (Å²) in [6, 6.07) is 10.8. The van der Waals surface area contributed by atoms with Gasteiger partial charge in [0.15, 0.2) is 0 Å². The number of nitrogens with zero attached hydrogens (tertiary/aromatic N) is 3. The number of aromatic nitrogens is 1. The van der Waals surface area contributed by atoms with Crippen molar-refractivity contribution in [3.63, 3.8) is 0 Å². The fraction of sp³-hybridized carbons (Fsp3) is 0.267. The topological polar surface area (TPSA) is 19.4 Å². The van der Waals surface area contributed by atoms with Crippen molar-refractivity contribution in [2.24, 2.45) is 0 Å². The molecule has 1 aliphatic heterocycles. The second-order valence-electron chi connectivity index (χ2n) is 4.73. The number of fused-ring (bicyclic) bond motifs is 1. The number of hydrogen-bond donors (Lipinski definition) is 0. The molecule has 0 aliphatic carbocycles. The Morgan fingerprint density at radius 1 is 1.00 bits per heavy atom. The fourth-order valence-corrected chi connectivity index (χ4v) is 2.44. The highest BCUT2D eigenvalue weighted by Gasteiger charge is 2.18. The third-order valence-corrected chi connectivity index (χ3v) is 3.66. The molecule has 2 heterocycles. The van der Waals surface area contributed by atoms with Gasteiger partial charge in [0.05, 0.1) is 5.69 Å². The Morgan fingerprint density at radius 3 is 2.56 bits per heavy atom. The average molecular weight is 239 g/mol. The van der Waals surface area contributed by atoms with E-state index in [0.29, 0.717) is 0 Å².